The number of carbonyl (C=O) groups is 2. The van der Waals surface area contributed by atoms with Gasteiger partial charge < -0.3 is 10.1 Å². The predicted molar refractivity (Wildman–Crippen MR) is 133 cm³/mol. The maximum atomic E-state index is 13.2. The lowest BCUT2D eigenvalue weighted by Crippen LogP contribution is -2.50. The molecule has 3 aromatic rings. The number of nitrogens with zero attached hydrogens (tertiary/aromatic N) is 4. The van der Waals surface area contributed by atoms with Gasteiger partial charge in [-0.05, 0) is 43.9 Å². The number of nitrogens with one attached hydrogen (secondary N) is 1. The van der Waals surface area contributed by atoms with Crippen molar-refractivity contribution in [2.24, 2.45) is 0 Å². The number of esters is 1. The van der Waals surface area contributed by atoms with Gasteiger partial charge in [0, 0.05) is 17.5 Å². The molecule has 2 heterocycles. The van der Waals surface area contributed by atoms with Crippen molar-refractivity contribution < 1.29 is 14.3 Å². The molecular weight excluding hydrogens is 462 g/mol. The molecule has 2 amide bonds. The number of aromatic nitrogens is 3. The maximum absolute atomic E-state index is 13.2. The van der Waals surface area contributed by atoms with Gasteiger partial charge in [0.15, 0.2) is 5.16 Å². The molecule has 2 aliphatic rings. The van der Waals surface area contributed by atoms with Gasteiger partial charge in [-0.3, -0.25) is 9.47 Å². The van der Waals surface area contributed by atoms with Crippen LogP contribution < -0.4 is 5.32 Å². The number of methoxy groups -OCH3 is 1. The monoisotopic (exact) mass is 489 g/mol. The van der Waals surface area contributed by atoms with E-state index >= 15 is 0 Å². The fourth-order valence-corrected chi connectivity index (χ4v) is 5.44. The molecule has 0 saturated heterocycles. The van der Waals surface area contributed by atoms with Crippen LogP contribution in [-0.4, -0.2) is 50.6 Å². The van der Waals surface area contributed by atoms with E-state index in [4.69, 9.17) is 4.74 Å². The molecule has 1 aromatic heterocycles. The zero-order valence-corrected chi connectivity index (χ0v) is 20.7. The highest BCUT2D eigenvalue weighted by Gasteiger charge is 2.44. The van der Waals surface area contributed by atoms with Gasteiger partial charge in [-0.2, -0.15) is 0 Å². The number of thioether (sulfide) groups is 1. The van der Waals surface area contributed by atoms with Crippen molar-refractivity contribution in [2.45, 2.75) is 43.9 Å². The fourth-order valence-electron chi connectivity index (χ4n) is 4.49. The van der Waals surface area contributed by atoms with Gasteiger partial charge in [0.2, 0.25) is 0 Å². The first-order valence-corrected chi connectivity index (χ1v) is 12.5. The molecule has 5 rings (SSSR count). The summed E-state index contributed by atoms with van der Waals surface area (Å²) in [5.74, 6) is -0.0719. The Labute approximate surface area is 208 Å². The van der Waals surface area contributed by atoms with E-state index in [0.717, 1.165) is 29.7 Å². The second-order valence-corrected chi connectivity index (χ2v) is 9.75. The number of aryl methyl sites for hydroxylation is 2. The molecule has 1 saturated carbocycles. The Balaban J connectivity index is 1.54. The molecule has 9 heteroatoms. The number of rotatable bonds is 7. The smallest absolute Gasteiger partial charge is 0.338 e. The second-order valence-electron chi connectivity index (χ2n) is 8.81. The third-order valence-corrected chi connectivity index (χ3v) is 7.25. The van der Waals surface area contributed by atoms with Crippen molar-refractivity contribution in [3.63, 3.8) is 0 Å². The number of ether oxygens (including phenoxy) is 1. The van der Waals surface area contributed by atoms with Crippen LogP contribution in [-0.2, 0) is 9.53 Å². The van der Waals surface area contributed by atoms with E-state index in [1.807, 2.05) is 41.0 Å². The molecule has 1 atom stereocenters. The normalized spacial score (nSPS) is 18.0. The van der Waals surface area contributed by atoms with Crippen LogP contribution in [0.1, 0.15) is 35.6 Å². The molecule has 8 nitrogen and oxygen atoms in total. The van der Waals surface area contributed by atoms with E-state index in [1.54, 1.807) is 11.2 Å². The van der Waals surface area contributed by atoms with Crippen LogP contribution in [0, 0.1) is 13.8 Å². The lowest BCUT2D eigenvalue weighted by atomic mass is 9.95. The number of hydrogen-bond acceptors (Lipinski definition) is 6. The SMILES string of the molecule is COC(=O)C1=C(CSc2nncn2-c2ccc(C)cc2C)N(C2CC2)C(=O)NC1c1ccccc1. The number of benzene rings is 2. The molecule has 0 spiro atoms. The van der Waals surface area contributed by atoms with Gasteiger partial charge in [0.25, 0.3) is 0 Å². The third kappa shape index (κ3) is 4.55. The Kier molecular flexibility index (Phi) is 6.34. The minimum atomic E-state index is -0.584. The highest BCUT2D eigenvalue weighted by atomic mass is 32.2. The summed E-state index contributed by atoms with van der Waals surface area (Å²) in [6.07, 6.45) is 3.50. The van der Waals surface area contributed by atoms with Crippen molar-refractivity contribution in [1.29, 1.82) is 0 Å². The van der Waals surface area contributed by atoms with Crippen LogP contribution in [0.3, 0.4) is 0 Å². The lowest BCUT2D eigenvalue weighted by Gasteiger charge is -2.36. The molecule has 35 heavy (non-hydrogen) atoms. The molecule has 2 aromatic carbocycles. The Morgan fingerprint density at radius 3 is 2.63 bits per heavy atom. The molecule has 0 radical (unpaired) electrons. The standard InChI is InChI=1S/C26H27N5O3S/c1-16-9-12-20(17(2)13-16)30-15-27-29-26(30)35-14-21-22(24(32)34-3)23(18-7-5-4-6-8-18)28-25(33)31(21)19-10-11-19/h4-9,12-13,15,19,23H,10-11,14H2,1-3H3,(H,28,33). The molecule has 0 bridgehead atoms. The first kappa shape index (κ1) is 23.2. The van der Waals surface area contributed by atoms with E-state index in [9.17, 15) is 9.59 Å². The van der Waals surface area contributed by atoms with Gasteiger partial charge in [-0.1, -0.05) is 59.8 Å². The fraction of sp³-hybridized carbons (Fsp3) is 0.308. The molecule has 1 unspecified atom stereocenters. The van der Waals surface area contributed by atoms with Crippen LogP contribution in [0.5, 0.6) is 0 Å². The summed E-state index contributed by atoms with van der Waals surface area (Å²) in [7, 11) is 1.37. The summed E-state index contributed by atoms with van der Waals surface area (Å²) in [4.78, 5) is 28.1. The topological polar surface area (TPSA) is 89.3 Å². The molecule has 1 fully saturated rings. The van der Waals surface area contributed by atoms with Gasteiger partial charge in [0.1, 0.15) is 6.33 Å². The summed E-state index contributed by atoms with van der Waals surface area (Å²) < 4.78 is 7.14. The van der Waals surface area contributed by atoms with E-state index < -0.39 is 12.0 Å². The largest absolute Gasteiger partial charge is 0.466 e. The average Bonchev–Trinajstić information content (AvgIpc) is 3.59. The van der Waals surface area contributed by atoms with Crippen molar-refractivity contribution in [3.05, 3.63) is 82.8 Å². The minimum absolute atomic E-state index is 0.0826. The first-order valence-electron chi connectivity index (χ1n) is 11.5. The van der Waals surface area contributed by atoms with E-state index in [0.29, 0.717) is 22.2 Å². The summed E-state index contributed by atoms with van der Waals surface area (Å²) in [6, 6.07) is 15.0. The highest BCUT2D eigenvalue weighted by Crippen LogP contribution is 2.40. The van der Waals surface area contributed by atoms with E-state index in [1.165, 1.54) is 24.4 Å². The van der Waals surface area contributed by atoms with Gasteiger partial charge in [-0.15, -0.1) is 10.2 Å². The Hall–Kier alpha value is -3.59. The Morgan fingerprint density at radius 1 is 1.17 bits per heavy atom. The highest BCUT2D eigenvalue weighted by molar-refractivity contribution is 7.99. The molecule has 1 aliphatic carbocycles. The van der Waals surface area contributed by atoms with Crippen molar-refractivity contribution in [2.75, 3.05) is 12.9 Å². The number of hydrogen-bond donors (Lipinski definition) is 1. The first-order chi connectivity index (χ1) is 17.0. The zero-order chi connectivity index (χ0) is 24.5. The van der Waals surface area contributed by atoms with Crippen LogP contribution in [0.2, 0.25) is 0 Å². The predicted octanol–water partition coefficient (Wildman–Crippen LogP) is 4.33. The molecule has 1 N–H and O–H groups in total. The van der Waals surface area contributed by atoms with E-state index in [-0.39, 0.29) is 12.1 Å². The lowest BCUT2D eigenvalue weighted by molar-refractivity contribution is -0.136. The average molecular weight is 490 g/mol. The maximum Gasteiger partial charge on any atom is 0.338 e. The summed E-state index contributed by atoms with van der Waals surface area (Å²) in [5.41, 5.74) is 5.24. The van der Waals surface area contributed by atoms with Crippen LogP contribution in [0.15, 0.2) is 71.3 Å². The summed E-state index contributed by atoms with van der Waals surface area (Å²) in [6.45, 7) is 4.11. The molecular formula is C26H27N5O3S. The van der Waals surface area contributed by atoms with Crippen LogP contribution >= 0.6 is 11.8 Å². The van der Waals surface area contributed by atoms with Gasteiger partial charge in [-0.25, -0.2) is 9.59 Å². The molecule has 180 valence electrons. The number of amides is 2. The van der Waals surface area contributed by atoms with Gasteiger partial charge >= 0.3 is 12.0 Å². The van der Waals surface area contributed by atoms with Crippen molar-refractivity contribution in [3.8, 4) is 5.69 Å². The van der Waals surface area contributed by atoms with Crippen molar-refractivity contribution in [1.82, 2.24) is 25.0 Å². The minimum Gasteiger partial charge on any atom is -0.466 e. The van der Waals surface area contributed by atoms with Crippen molar-refractivity contribution >= 4 is 23.8 Å². The Morgan fingerprint density at radius 2 is 1.94 bits per heavy atom. The van der Waals surface area contributed by atoms with Crippen LogP contribution in [0.25, 0.3) is 5.69 Å². The molecule has 1 aliphatic heterocycles. The quantitative estimate of drug-likeness (QED) is 0.393. The third-order valence-electron chi connectivity index (χ3n) is 6.29. The summed E-state index contributed by atoms with van der Waals surface area (Å²) >= 11 is 1.45. The number of carbonyl (C=O) groups excluding carboxylic acids is 2. The van der Waals surface area contributed by atoms with Gasteiger partial charge in [0.05, 0.1) is 24.4 Å². The van der Waals surface area contributed by atoms with E-state index in [2.05, 4.69) is 41.5 Å². The van der Waals surface area contributed by atoms with Crippen LogP contribution in [0.4, 0.5) is 4.79 Å². The Bertz CT molecular complexity index is 1300. The second kappa shape index (κ2) is 9.58. The zero-order valence-electron chi connectivity index (χ0n) is 19.9. The summed E-state index contributed by atoms with van der Waals surface area (Å²) in [5, 5.41) is 12.2. The number of urea groups is 1.